The fraction of sp³-hybridized carbons (Fsp3) is 0.190. The van der Waals surface area contributed by atoms with E-state index in [4.69, 9.17) is 0 Å². The normalized spacial score (nSPS) is 11.0. The summed E-state index contributed by atoms with van der Waals surface area (Å²) in [6.07, 6.45) is 1.98. The molecule has 0 saturated carbocycles. The zero-order valence-corrected chi connectivity index (χ0v) is 15.8. The third-order valence-electron chi connectivity index (χ3n) is 4.21. The maximum Gasteiger partial charge on any atom is 0.310 e. The van der Waals surface area contributed by atoms with Crippen LogP contribution in [-0.2, 0) is 12.8 Å². The van der Waals surface area contributed by atoms with Gasteiger partial charge < -0.3 is 5.32 Å². The molecule has 4 rings (SSSR count). The smallest absolute Gasteiger partial charge is 0.310 e. The zero-order valence-electron chi connectivity index (χ0n) is 14.9. The Balaban J connectivity index is 1.57. The van der Waals surface area contributed by atoms with E-state index in [1.807, 2.05) is 36.4 Å². The fourth-order valence-corrected chi connectivity index (χ4v) is 3.94. The number of benzene rings is 2. The van der Waals surface area contributed by atoms with E-state index in [1.54, 1.807) is 17.4 Å². The van der Waals surface area contributed by atoms with Gasteiger partial charge in [-0.25, -0.2) is 9.97 Å². The highest BCUT2D eigenvalue weighted by Gasteiger charge is 2.09. The van der Waals surface area contributed by atoms with Gasteiger partial charge in [0.1, 0.15) is 5.82 Å². The molecule has 4 aromatic rings. The third-order valence-corrected chi connectivity index (χ3v) is 5.14. The molecule has 2 aromatic carbocycles. The molecule has 6 heteroatoms. The van der Waals surface area contributed by atoms with Crippen molar-refractivity contribution in [3.05, 3.63) is 77.5 Å². The quantitative estimate of drug-likeness (QED) is 0.449. The third kappa shape index (κ3) is 4.28. The predicted molar refractivity (Wildman–Crippen MR) is 108 cm³/mol. The molecule has 136 valence electrons. The summed E-state index contributed by atoms with van der Waals surface area (Å²) in [5.41, 5.74) is 3.94. The van der Waals surface area contributed by atoms with Gasteiger partial charge in [0.05, 0.1) is 15.9 Å². The molecule has 2 heterocycles. The molecule has 0 aliphatic carbocycles. The minimum Gasteiger partial charge on any atom is -0.316 e. The molecular weight excluding hydrogens is 359 g/mol. The van der Waals surface area contributed by atoms with E-state index in [9.17, 15) is 4.39 Å². The lowest BCUT2D eigenvalue weighted by molar-refractivity contribution is 0.535. The van der Waals surface area contributed by atoms with Crippen LogP contribution in [-0.4, -0.2) is 15.0 Å². The number of aromatic nitrogens is 3. The maximum atomic E-state index is 13.9. The molecule has 4 nitrogen and oxygen atoms in total. The minimum atomic E-state index is -0.739. The van der Waals surface area contributed by atoms with Crippen molar-refractivity contribution in [3.63, 3.8) is 0 Å². The van der Waals surface area contributed by atoms with Crippen molar-refractivity contribution in [2.75, 3.05) is 5.32 Å². The molecule has 0 spiro atoms. The van der Waals surface area contributed by atoms with Crippen LogP contribution in [0.5, 0.6) is 0 Å². The second-order valence-corrected chi connectivity index (χ2v) is 7.40. The van der Waals surface area contributed by atoms with Crippen LogP contribution in [0.15, 0.2) is 54.6 Å². The molecule has 0 bridgehead atoms. The summed E-state index contributed by atoms with van der Waals surface area (Å²) in [5.74, 6) is 0.418. The van der Waals surface area contributed by atoms with Gasteiger partial charge >= 0.3 is 6.08 Å². The van der Waals surface area contributed by atoms with Gasteiger partial charge in [-0.2, -0.15) is 9.37 Å². The summed E-state index contributed by atoms with van der Waals surface area (Å²) in [6.45, 7) is 2.17. The van der Waals surface area contributed by atoms with E-state index in [1.165, 1.54) is 5.56 Å². The Morgan fingerprint density at radius 3 is 2.63 bits per heavy atom. The van der Waals surface area contributed by atoms with E-state index in [0.717, 1.165) is 28.6 Å². The number of halogens is 1. The number of rotatable bonds is 6. The van der Waals surface area contributed by atoms with Crippen LogP contribution in [0.4, 0.5) is 15.3 Å². The molecule has 0 amide bonds. The standard InChI is InChI=1S/C21H19FN4S/c1-2-6-14-9-10-17-18(12-14)27-21(24-17)26-19-13-16(23-20(22)25-19)11-15-7-4-3-5-8-15/h3-5,7-10,12-13H,2,6,11H2,1H3,(H,23,24,25,26). The second-order valence-electron chi connectivity index (χ2n) is 6.37. The first-order valence-corrected chi connectivity index (χ1v) is 9.75. The Morgan fingerprint density at radius 2 is 1.81 bits per heavy atom. The average Bonchev–Trinajstić information content (AvgIpc) is 3.04. The summed E-state index contributed by atoms with van der Waals surface area (Å²) in [4.78, 5) is 12.4. The number of thiazole rings is 1. The predicted octanol–water partition coefficient (Wildman–Crippen LogP) is 5.51. The van der Waals surface area contributed by atoms with Crippen molar-refractivity contribution < 1.29 is 4.39 Å². The van der Waals surface area contributed by atoms with Crippen LogP contribution < -0.4 is 5.32 Å². The second kappa shape index (κ2) is 7.80. The number of hydrogen-bond donors (Lipinski definition) is 1. The Morgan fingerprint density at radius 1 is 0.963 bits per heavy atom. The van der Waals surface area contributed by atoms with E-state index >= 15 is 0 Å². The van der Waals surface area contributed by atoms with Crippen molar-refractivity contribution in [2.45, 2.75) is 26.2 Å². The van der Waals surface area contributed by atoms with Crippen LogP contribution >= 0.6 is 11.3 Å². The monoisotopic (exact) mass is 378 g/mol. The van der Waals surface area contributed by atoms with E-state index in [2.05, 4.69) is 39.3 Å². The summed E-state index contributed by atoms with van der Waals surface area (Å²) in [7, 11) is 0. The van der Waals surface area contributed by atoms with Gasteiger partial charge in [0.25, 0.3) is 0 Å². The largest absolute Gasteiger partial charge is 0.316 e. The van der Waals surface area contributed by atoms with Gasteiger partial charge in [0.2, 0.25) is 0 Å². The first-order valence-electron chi connectivity index (χ1n) is 8.93. The number of nitrogens with one attached hydrogen (secondary N) is 1. The van der Waals surface area contributed by atoms with Gasteiger partial charge in [-0.05, 0) is 29.7 Å². The molecule has 0 aliphatic heterocycles. The molecule has 0 saturated heterocycles. The van der Waals surface area contributed by atoms with Crippen LogP contribution in [0.3, 0.4) is 0 Å². The maximum absolute atomic E-state index is 13.9. The highest BCUT2D eigenvalue weighted by molar-refractivity contribution is 7.22. The summed E-state index contributed by atoms with van der Waals surface area (Å²) in [6, 6.07) is 17.9. The minimum absolute atomic E-state index is 0.418. The summed E-state index contributed by atoms with van der Waals surface area (Å²) >= 11 is 1.54. The average molecular weight is 378 g/mol. The van der Waals surface area contributed by atoms with Gasteiger partial charge in [-0.1, -0.05) is 61.1 Å². The first kappa shape index (κ1) is 17.5. The number of nitrogens with zero attached hydrogens (tertiary/aromatic N) is 3. The van der Waals surface area contributed by atoms with Crippen molar-refractivity contribution >= 4 is 32.5 Å². The van der Waals surface area contributed by atoms with Crippen LogP contribution in [0.25, 0.3) is 10.2 Å². The fourth-order valence-electron chi connectivity index (χ4n) is 3.00. The van der Waals surface area contributed by atoms with Crippen LogP contribution in [0.1, 0.15) is 30.2 Å². The van der Waals surface area contributed by atoms with Crippen molar-refractivity contribution in [3.8, 4) is 0 Å². The number of hydrogen-bond acceptors (Lipinski definition) is 5. The Bertz CT molecular complexity index is 1060. The van der Waals surface area contributed by atoms with E-state index in [0.29, 0.717) is 23.1 Å². The highest BCUT2D eigenvalue weighted by Crippen LogP contribution is 2.29. The number of fused-ring (bicyclic) bond motifs is 1. The van der Waals surface area contributed by atoms with Crippen molar-refractivity contribution in [1.29, 1.82) is 0 Å². The van der Waals surface area contributed by atoms with Gasteiger partial charge in [-0.3, -0.25) is 0 Å². The lowest BCUT2D eigenvalue weighted by Gasteiger charge is -2.05. The van der Waals surface area contributed by atoms with Crippen molar-refractivity contribution in [1.82, 2.24) is 15.0 Å². The number of aryl methyl sites for hydroxylation is 1. The molecule has 0 aliphatic rings. The topological polar surface area (TPSA) is 50.7 Å². The molecular formula is C21H19FN4S. The Labute approximate surface area is 161 Å². The first-order chi connectivity index (χ1) is 13.2. The van der Waals surface area contributed by atoms with Crippen LogP contribution in [0, 0.1) is 6.08 Å². The molecule has 27 heavy (non-hydrogen) atoms. The summed E-state index contributed by atoms with van der Waals surface area (Å²) in [5, 5.41) is 3.82. The molecule has 1 N–H and O–H groups in total. The van der Waals surface area contributed by atoms with Gasteiger partial charge in [0.15, 0.2) is 5.13 Å². The molecule has 0 atom stereocenters. The highest BCUT2D eigenvalue weighted by atomic mass is 32.1. The lowest BCUT2D eigenvalue weighted by Crippen LogP contribution is -2.02. The molecule has 0 fully saturated rings. The van der Waals surface area contributed by atoms with Crippen LogP contribution in [0.2, 0.25) is 0 Å². The van der Waals surface area contributed by atoms with Gasteiger partial charge in [0, 0.05) is 12.5 Å². The Hall–Kier alpha value is -2.86. The number of anilines is 2. The molecule has 2 aromatic heterocycles. The van der Waals surface area contributed by atoms with Gasteiger partial charge in [-0.15, -0.1) is 0 Å². The van der Waals surface area contributed by atoms with Crippen molar-refractivity contribution in [2.24, 2.45) is 0 Å². The Kier molecular flexibility index (Phi) is 5.07. The molecule has 0 unspecified atom stereocenters. The summed E-state index contributed by atoms with van der Waals surface area (Å²) < 4.78 is 15.0. The molecule has 0 radical (unpaired) electrons. The SMILES string of the molecule is CCCc1ccc2nc(Nc3cc(Cc4ccccc4)nc(F)n3)sc2c1. The lowest BCUT2D eigenvalue weighted by atomic mass is 10.1. The van der Waals surface area contributed by atoms with E-state index < -0.39 is 6.08 Å². The van der Waals surface area contributed by atoms with E-state index in [-0.39, 0.29) is 0 Å². The zero-order chi connectivity index (χ0) is 18.6.